The molecule has 10 heteroatoms. The number of para-hydroxylation sites is 1. The van der Waals surface area contributed by atoms with Gasteiger partial charge in [-0.3, -0.25) is 4.90 Å². The number of ether oxygens (including phenoxy) is 1. The van der Waals surface area contributed by atoms with Crippen LogP contribution in [-0.2, 0) is 10.0 Å². The van der Waals surface area contributed by atoms with Gasteiger partial charge in [0.05, 0.1) is 19.3 Å². The molecule has 0 atom stereocenters. The Morgan fingerprint density at radius 3 is 2.70 bits per heavy atom. The molecule has 2 aliphatic heterocycles. The molecular weight excluding hydrogens is 368 g/mol. The van der Waals surface area contributed by atoms with Crippen LogP contribution in [0.15, 0.2) is 45.8 Å². The Labute approximate surface area is 157 Å². The first-order chi connectivity index (χ1) is 13.0. The van der Waals surface area contributed by atoms with Crippen LogP contribution in [0.1, 0.15) is 0 Å². The number of methoxy groups -OCH3 is 1. The summed E-state index contributed by atoms with van der Waals surface area (Å²) in [6.45, 7) is 3.43. The van der Waals surface area contributed by atoms with Crippen LogP contribution in [-0.4, -0.2) is 69.0 Å². The fraction of sp³-hybridized carbons (Fsp3) is 0.353. The van der Waals surface area contributed by atoms with Gasteiger partial charge in [0.25, 0.3) is 10.0 Å². The van der Waals surface area contributed by atoms with Gasteiger partial charge in [-0.05, 0) is 12.1 Å². The summed E-state index contributed by atoms with van der Waals surface area (Å²) in [5.41, 5.74) is 0.575. The zero-order chi connectivity index (χ0) is 18.9. The van der Waals surface area contributed by atoms with Crippen LogP contribution in [0.25, 0.3) is 0 Å². The molecule has 0 bridgehead atoms. The second-order valence-corrected chi connectivity index (χ2v) is 7.87. The zero-order valence-corrected chi connectivity index (χ0v) is 15.7. The summed E-state index contributed by atoms with van der Waals surface area (Å²) >= 11 is 0. The van der Waals surface area contributed by atoms with Gasteiger partial charge in [-0.2, -0.15) is 13.4 Å². The fourth-order valence-electron chi connectivity index (χ4n) is 3.15. The van der Waals surface area contributed by atoms with Gasteiger partial charge in [0.15, 0.2) is 0 Å². The lowest BCUT2D eigenvalue weighted by atomic mass is 10.3. The van der Waals surface area contributed by atoms with E-state index >= 15 is 0 Å². The number of nitrogens with zero attached hydrogens (tertiary/aromatic N) is 5. The summed E-state index contributed by atoms with van der Waals surface area (Å²) in [4.78, 5) is 13.1. The Hall–Kier alpha value is -2.72. The molecule has 1 aromatic carbocycles. The van der Waals surface area contributed by atoms with Crippen molar-refractivity contribution in [3.8, 4) is 5.88 Å². The lowest BCUT2D eigenvalue weighted by Gasteiger charge is -2.35. The van der Waals surface area contributed by atoms with Crippen molar-refractivity contribution in [3.05, 3.63) is 36.5 Å². The van der Waals surface area contributed by atoms with Crippen molar-refractivity contribution in [2.45, 2.75) is 4.90 Å². The predicted octanol–water partition coefficient (Wildman–Crippen LogP) is 0.820. The third-order valence-electron chi connectivity index (χ3n) is 4.53. The molecule has 0 saturated carbocycles. The topological polar surface area (TPSA) is 100 Å². The molecule has 4 rings (SSSR count). The van der Waals surface area contributed by atoms with E-state index in [-0.39, 0.29) is 4.90 Å². The van der Waals surface area contributed by atoms with Crippen LogP contribution in [0.5, 0.6) is 5.88 Å². The number of anilines is 2. The zero-order valence-electron chi connectivity index (χ0n) is 14.9. The number of hydrogen-bond donors (Lipinski definition) is 1. The molecule has 0 unspecified atom stereocenters. The van der Waals surface area contributed by atoms with E-state index in [2.05, 4.69) is 29.5 Å². The van der Waals surface area contributed by atoms with Crippen molar-refractivity contribution in [3.63, 3.8) is 0 Å². The number of fused-ring (bicyclic) bond motifs is 1. The average molecular weight is 388 g/mol. The van der Waals surface area contributed by atoms with Crippen LogP contribution >= 0.6 is 0 Å². The standard InChI is InChI=1S/C17H20N6O3S/c1-26-16-6-7-18-17(20-16)23-10-8-22(9-11-23)12-15-19-13-4-2-3-5-14(13)27(24,25)21-15/h2-7H,8-12H2,1H3,(H,19,21). The Kier molecular flexibility index (Phi) is 4.66. The van der Waals surface area contributed by atoms with Crippen LogP contribution in [0.2, 0.25) is 0 Å². The van der Waals surface area contributed by atoms with E-state index in [1.54, 1.807) is 43.6 Å². The van der Waals surface area contributed by atoms with Gasteiger partial charge in [0, 0.05) is 38.4 Å². The van der Waals surface area contributed by atoms with Gasteiger partial charge in [-0.25, -0.2) is 4.98 Å². The van der Waals surface area contributed by atoms with Gasteiger partial charge in [0.1, 0.15) is 10.7 Å². The van der Waals surface area contributed by atoms with Crippen LogP contribution in [0.4, 0.5) is 11.6 Å². The first-order valence-corrected chi connectivity index (χ1v) is 10.0. The largest absolute Gasteiger partial charge is 0.481 e. The van der Waals surface area contributed by atoms with Crippen molar-refractivity contribution in [2.75, 3.05) is 50.1 Å². The summed E-state index contributed by atoms with van der Waals surface area (Å²) in [6, 6.07) is 8.52. The van der Waals surface area contributed by atoms with Gasteiger partial charge in [0.2, 0.25) is 11.8 Å². The van der Waals surface area contributed by atoms with Crippen LogP contribution < -0.4 is 15.0 Å². The maximum atomic E-state index is 12.3. The van der Waals surface area contributed by atoms with Crippen molar-refractivity contribution in [1.82, 2.24) is 14.9 Å². The first-order valence-electron chi connectivity index (χ1n) is 8.59. The number of aromatic nitrogens is 2. The highest BCUT2D eigenvalue weighted by Gasteiger charge is 2.26. The summed E-state index contributed by atoms with van der Waals surface area (Å²) in [7, 11) is -2.07. The summed E-state index contributed by atoms with van der Waals surface area (Å²) in [5, 5.41) is 3.13. The Balaban J connectivity index is 1.41. The van der Waals surface area contributed by atoms with E-state index in [9.17, 15) is 8.42 Å². The number of hydrogen-bond acceptors (Lipinski definition) is 8. The van der Waals surface area contributed by atoms with Crippen molar-refractivity contribution in [1.29, 1.82) is 0 Å². The summed E-state index contributed by atoms with van der Waals surface area (Å²) in [6.07, 6.45) is 1.68. The molecule has 27 heavy (non-hydrogen) atoms. The van der Waals surface area contributed by atoms with E-state index in [0.29, 0.717) is 29.9 Å². The summed E-state index contributed by atoms with van der Waals surface area (Å²) < 4.78 is 33.8. The van der Waals surface area contributed by atoms with Crippen LogP contribution in [0.3, 0.4) is 0 Å². The van der Waals surface area contributed by atoms with Crippen molar-refractivity contribution >= 4 is 27.5 Å². The van der Waals surface area contributed by atoms with Gasteiger partial charge in [-0.1, -0.05) is 12.1 Å². The highest BCUT2D eigenvalue weighted by atomic mass is 32.2. The van der Waals surface area contributed by atoms with E-state index in [4.69, 9.17) is 4.74 Å². The number of benzene rings is 1. The Morgan fingerprint density at radius 1 is 1.15 bits per heavy atom. The number of piperazine rings is 1. The molecule has 1 aromatic heterocycles. The lowest BCUT2D eigenvalue weighted by molar-refractivity contribution is 0.289. The molecule has 0 spiro atoms. The highest BCUT2D eigenvalue weighted by molar-refractivity contribution is 7.90. The number of amidine groups is 1. The Morgan fingerprint density at radius 2 is 1.93 bits per heavy atom. The smallest absolute Gasteiger partial charge is 0.286 e. The molecule has 0 amide bonds. The summed E-state index contributed by atoms with van der Waals surface area (Å²) in [5.74, 6) is 1.62. The number of nitrogens with one attached hydrogen (secondary N) is 1. The molecule has 3 heterocycles. The number of sulfonamides is 1. The molecule has 0 aliphatic carbocycles. The molecule has 1 fully saturated rings. The van der Waals surface area contributed by atoms with E-state index < -0.39 is 10.0 Å². The Bertz CT molecular complexity index is 970. The molecule has 2 aliphatic rings. The van der Waals surface area contributed by atoms with Crippen LogP contribution in [0, 0.1) is 0 Å². The second kappa shape index (κ2) is 7.12. The number of rotatable bonds is 4. The minimum absolute atomic E-state index is 0.216. The third kappa shape index (κ3) is 3.71. The normalized spacial score (nSPS) is 19.0. The molecule has 9 nitrogen and oxygen atoms in total. The van der Waals surface area contributed by atoms with E-state index in [1.807, 2.05) is 0 Å². The van der Waals surface area contributed by atoms with E-state index in [1.165, 1.54) is 0 Å². The monoisotopic (exact) mass is 388 g/mol. The first kappa shape index (κ1) is 17.7. The molecular formula is C17H20N6O3S. The van der Waals surface area contributed by atoms with E-state index in [0.717, 1.165) is 26.2 Å². The maximum Gasteiger partial charge on any atom is 0.286 e. The van der Waals surface area contributed by atoms with Gasteiger partial charge >= 0.3 is 0 Å². The van der Waals surface area contributed by atoms with Gasteiger partial charge in [-0.15, -0.1) is 4.40 Å². The van der Waals surface area contributed by atoms with Crippen molar-refractivity contribution < 1.29 is 13.2 Å². The minimum atomic E-state index is -3.65. The average Bonchev–Trinajstić information content (AvgIpc) is 2.68. The molecule has 1 N–H and O–H groups in total. The molecule has 1 saturated heterocycles. The molecule has 2 aromatic rings. The SMILES string of the molecule is COc1ccnc(N2CCN(CC3=NS(=O)(=O)c4ccccc4N3)CC2)n1. The predicted molar refractivity (Wildman–Crippen MR) is 102 cm³/mol. The fourth-order valence-corrected chi connectivity index (χ4v) is 4.29. The van der Waals surface area contributed by atoms with Crippen molar-refractivity contribution in [2.24, 2.45) is 4.40 Å². The molecule has 0 radical (unpaired) electrons. The quantitative estimate of drug-likeness (QED) is 0.822. The third-order valence-corrected chi connectivity index (χ3v) is 5.90. The molecule has 142 valence electrons. The minimum Gasteiger partial charge on any atom is -0.481 e. The highest BCUT2D eigenvalue weighted by Crippen LogP contribution is 2.26. The maximum absolute atomic E-state index is 12.3. The van der Waals surface area contributed by atoms with Gasteiger partial charge < -0.3 is 15.0 Å². The second-order valence-electron chi connectivity index (χ2n) is 6.30. The lowest BCUT2D eigenvalue weighted by Crippen LogP contribution is -2.49.